The SMILES string of the molecule is CCOC(=O)c1sc(-c2cc(F)c(Cl)cc2F)c(C)c1N. The molecule has 0 aliphatic heterocycles. The summed E-state index contributed by atoms with van der Waals surface area (Å²) in [5.41, 5.74) is 6.59. The lowest BCUT2D eigenvalue weighted by atomic mass is 10.1. The molecule has 0 bridgehead atoms. The zero-order chi connectivity index (χ0) is 15.7. The molecule has 2 aromatic rings. The van der Waals surface area contributed by atoms with Crippen LogP contribution >= 0.6 is 22.9 Å². The molecule has 0 radical (unpaired) electrons. The van der Waals surface area contributed by atoms with Crippen LogP contribution in [0.15, 0.2) is 12.1 Å². The molecule has 21 heavy (non-hydrogen) atoms. The zero-order valence-corrected chi connectivity index (χ0v) is 12.9. The normalized spacial score (nSPS) is 10.7. The summed E-state index contributed by atoms with van der Waals surface area (Å²) in [6, 6.07) is 1.89. The maximum absolute atomic E-state index is 14.0. The number of nitrogens with two attached hydrogens (primary N) is 1. The van der Waals surface area contributed by atoms with Crippen LogP contribution in [0.3, 0.4) is 0 Å². The molecule has 1 aromatic carbocycles. The average molecular weight is 332 g/mol. The Morgan fingerprint density at radius 3 is 2.67 bits per heavy atom. The summed E-state index contributed by atoms with van der Waals surface area (Å²) < 4.78 is 32.4. The lowest BCUT2D eigenvalue weighted by Gasteiger charge is -2.04. The number of carbonyl (C=O) groups excluding carboxylic acids is 1. The Hall–Kier alpha value is -1.66. The monoisotopic (exact) mass is 331 g/mol. The van der Waals surface area contributed by atoms with Crippen molar-refractivity contribution >= 4 is 34.6 Å². The number of thiophene rings is 1. The number of ether oxygens (including phenoxy) is 1. The lowest BCUT2D eigenvalue weighted by Crippen LogP contribution is -2.05. The van der Waals surface area contributed by atoms with E-state index in [1.54, 1.807) is 13.8 Å². The van der Waals surface area contributed by atoms with E-state index in [1.807, 2.05) is 0 Å². The van der Waals surface area contributed by atoms with E-state index in [-0.39, 0.29) is 27.8 Å². The van der Waals surface area contributed by atoms with Crippen LogP contribution < -0.4 is 5.73 Å². The van der Waals surface area contributed by atoms with Gasteiger partial charge in [0.25, 0.3) is 0 Å². The Bertz CT molecular complexity index is 715. The third-order valence-corrected chi connectivity index (χ3v) is 4.52. The minimum absolute atomic E-state index is 0.0154. The fraction of sp³-hybridized carbons (Fsp3) is 0.214. The summed E-state index contributed by atoms with van der Waals surface area (Å²) in [6.45, 7) is 3.51. The van der Waals surface area contributed by atoms with E-state index in [9.17, 15) is 13.6 Å². The Labute approximate surface area is 129 Å². The lowest BCUT2D eigenvalue weighted by molar-refractivity contribution is 0.0533. The van der Waals surface area contributed by atoms with Crippen LogP contribution in [0.1, 0.15) is 22.2 Å². The molecule has 0 aliphatic rings. The van der Waals surface area contributed by atoms with Gasteiger partial charge in [0.15, 0.2) is 0 Å². The van der Waals surface area contributed by atoms with Crippen molar-refractivity contribution in [1.82, 2.24) is 0 Å². The number of esters is 1. The van der Waals surface area contributed by atoms with Gasteiger partial charge in [0, 0.05) is 10.4 Å². The molecular weight excluding hydrogens is 320 g/mol. The third kappa shape index (κ3) is 2.87. The first-order valence-electron chi connectivity index (χ1n) is 6.07. The van der Waals surface area contributed by atoms with Gasteiger partial charge in [0.2, 0.25) is 0 Å². The highest BCUT2D eigenvalue weighted by Crippen LogP contribution is 2.40. The minimum Gasteiger partial charge on any atom is -0.462 e. The molecule has 0 atom stereocenters. The van der Waals surface area contributed by atoms with Crippen molar-refractivity contribution in [2.75, 3.05) is 12.3 Å². The second kappa shape index (κ2) is 5.99. The topological polar surface area (TPSA) is 52.3 Å². The van der Waals surface area contributed by atoms with E-state index in [1.165, 1.54) is 0 Å². The van der Waals surface area contributed by atoms with Crippen LogP contribution in [0.5, 0.6) is 0 Å². The molecule has 1 heterocycles. The molecule has 1 aromatic heterocycles. The first-order valence-corrected chi connectivity index (χ1v) is 7.27. The van der Waals surface area contributed by atoms with Gasteiger partial charge in [-0.15, -0.1) is 11.3 Å². The van der Waals surface area contributed by atoms with Crippen LogP contribution in [-0.4, -0.2) is 12.6 Å². The highest BCUT2D eigenvalue weighted by atomic mass is 35.5. The van der Waals surface area contributed by atoms with Gasteiger partial charge < -0.3 is 10.5 Å². The number of rotatable bonds is 3. The number of benzene rings is 1. The van der Waals surface area contributed by atoms with E-state index in [2.05, 4.69) is 0 Å². The van der Waals surface area contributed by atoms with Gasteiger partial charge in [-0.25, -0.2) is 13.6 Å². The number of hydrogen-bond acceptors (Lipinski definition) is 4. The van der Waals surface area contributed by atoms with Crippen LogP contribution in [0, 0.1) is 18.6 Å². The Morgan fingerprint density at radius 2 is 2.05 bits per heavy atom. The molecule has 0 aliphatic carbocycles. The first-order chi connectivity index (χ1) is 9.86. The Morgan fingerprint density at radius 1 is 1.38 bits per heavy atom. The molecule has 2 N–H and O–H groups in total. The first kappa shape index (κ1) is 15.7. The molecule has 0 saturated carbocycles. The maximum Gasteiger partial charge on any atom is 0.350 e. The van der Waals surface area contributed by atoms with Gasteiger partial charge >= 0.3 is 5.97 Å². The van der Waals surface area contributed by atoms with Crippen LogP contribution in [0.25, 0.3) is 10.4 Å². The summed E-state index contributed by atoms with van der Waals surface area (Å²) >= 11 is 6.50. The van der Waals surface area contributed by atoms with Gasteiger partial charge in [-0.3, -0.25) is 0 Å². The van der Waals surface area contributed by atoms with Gasteiger partial charge in [0.05, 0.1) is 17.3 Å². The number of halogens is 3. The standard InChI is InChI=1S/C14H12ClF2NO2S/c1-3-20-14(19)13-11(18)6(2)12(21-13)7-4-10(17)8(15)5-9(7)16/h4-5H,3,18H2,1-2H3. The van der Waals surface area contributed by atoms with E-state index >= 15 is 0 Å². The second-order valence-electron chi connectivity index (χ2n) is 4.27. The fourth-order valence-corrected chi connectivity index (χ4v) is 3.12. The van der Waals surface area contributed by atoms with Crippen LogP contribution in [0.2, 0.25) is 5.02 Å². The van der Waals surface area contributed by atoms with Crippen LogP contribution in [0.4, 0.5) is 14.5 Å². The van der Waals surface area contributed by atoms with Crippen molar-refractivity contribution in [2.45, 2.75) is 13.8 Å². The van der Waals surface area contributed by atoms with Crippen LogP contribution in [-0.2, 0) is 4.74 Å². The average Bonchev–Trinajstić information content (AvgIpc) is 2.71. The van der Waals surface area contributed by atoms with Crippen molar-refractivity contribution in [3.63, 3.8) is 0 Å². The van der Waals surface area contributed by atoms with E-state index in [0.717, 1.165) is 23.5 Å². The van der Waals surface area contributed by atoms with Crippen molar-refractivity contribution in [3.8, 4) is 10.4 Å². The molecule has 0 fully saturated rings. The minimum atomic E-state index is -0.739. The van der Waals surface area contributed by atoms with Gasteiger partial charge in [-0.05, 0) is 31.5 Å². The van der Waals surface area contributed by atoms with Crippen molar-refractivity contribution < 1.29 is 18.3 Å². The third-order valence-electron chi connectivity index (χ3n) is 2.91. The highest BCUT2D eigenvalue weighted by Gasteiger charge is 2.22. The molecule has 7 heteroatoms. The molecule has 0 unspecified atom stereocenters. The molecule has 3 nitrogen and oxygen atoms in total. The summed E-state index contributed by atoms with van der Waals surface area (Å²) in [7, 11) is 0. The molecule has 2 rings (SSSR count). The summed E-state index contributed by atoms with van der Waals surface area (Å²) in [4.78, 5) is 12.3. The summed E-state index contributed by atoms with van der Waals surface area (Å²) in [5.74, 6) is -2.00. The van der Waals surface area contributed by atoms with Gasteiger partial charge in [0.1, 0.15) is 16.5 Å². The molecule has 0 spiro atoms. The molecule has 0 saturated heterocycles. The number of anilines is 1. The predicted molar refractivity (Wildman–Crippen MR) is 79.8 cm³/mol. The predicted octanol–water partition coefficient (Wildman–Crippen LogP) is 4.41. The van der Waals surface area contributed by atoms with Crippen molar-refractivity contribution in [3.05, 3.63) is 39.2 Å². The van der Waals surface area contributed by atoms with Crippen molar-refractivity contribution in [2.24, 2.45) is 0 Å². The zero-order valence-electron chi connectivity index (χ0n) is 11.3. The summed E-state index contributed by atoms with van der Waals surface area (Å²) in [6.07, 6.45) is 0. The highest BCUT2D eigenvalue weighted by molar-refractivity contribution is 7.18. The smallest absolute Gasteiger partial charge is 0.350 e. The number of nitrogen functional groups attached to an aromatic ring is 1. The van der Waals surface area contributed by atoms with Crippen molar-refractivity contribution in [1.29, 1.82) is 0 Å². The van der Waals surface area contributed by atoms with E-state index in [0.29, 0.717) is 10.4 Å². The molecule has 112 valence electrons. The summed E-state index contributed by atoms with van der Waals surface area (Å²) in [5, 5.41) is -0.302. The fourth-order valence-electron chi connectivity index (χ4n) is 1.83. The Kier molecular flexibility index (Phi) is 4.49. The molecular formula is C14H12ClF2NO2S. The van der Waals surface area contributed by atoms with Gasteiger partial charge in [-0.2, -0.15) is 0 Å². The quantitative estimate of drug-likeness (QED) is 0.669. The number of carbonyl (C=O) groups is 1. The molecule has 0 amide bonds. The number of hydrogen-bond donors (Lipinski definition) is 1. The van der Waals surface area contributed by atoms with E-state index < -0.39 is 17.6 Å². The maximum atomic E-state index is 14.0. The largest absolute Gasteiger partial charge is 0.462 e. The Balaban J connectivity index is 2.58. The second-order valence-corrected chi connectivity index (χ2v) is 5.69. The van der Waals surface area contributed by atoms with E-state index in [4.69, 9.17) is 22.1 Å². The van der Waals surface area contributed by atoms with Gasteiger partial charge in [-0.1, -0.05) is 11.6 Å².